The summed E-state index contributed by atoms with van der Waals surface area (Å²) in [5, 5.41) is 0. The van der Waals surface area contributed by atoms with Gasteiger partial charge in [-0.1, -0.05) is 0 Å². The van der Waals surface area contributed by atoms with Crippen LogP contribution < -0.4 is 103 Å². The summed E-state index contributed by atoms with van der Waals surface area (Å²) >= 11 is 0. The van der Waals surface area contributed by atoms with Crippen LogP contribution in [0.1, 0.15) is 0 Å². The van der Waals surface area contributed by atoms with Crippen molar-refractivity contribution in [1.29, 1.82) is 0 Å². The van der Waals surface area contributed by atoms with Crippen LogP contribution in [0.5, 0.6) is 0 Å². The van der Waals surface area contributed by atoms with Gasteiger partial charge in [-0.15, -0.1) is 0 Å². The average Bonchev–Trinajstić information content (AvgIpc) is 2.01. The first-order valence-electron chi connectivity index (χ1n) is 3.23. The van der Waals surface area contributed by atoms with Gasteiger partial charge >= 0.3 is 103 Å². The van der Waals surface area contributed by atoms with Crippen molar-refractivity contribution in [1.82, 2.24) is 0 Å². The fraction of sp³-hybridized carbons (Fsp3) is 0. The average molecular weight is 314 g/mol. The zero-order chi connectivity index (χ0) is 11.0. The maximum atomic E-state index is 10.4. The molecule has 0 N–H and O–H groups in total. The minimum atomic E-state index is -4.61. The van der Waals surface area contributed by atoms with E-state index in [1.807, 2.05) is 0 Å². The number of hydrogen-bond donors (Lipinski definition) is 0. The molecule has 1 aromatic rings. The summed E-state index contributed by atoms with van der Waals surface area (Å²) in [6.45, 7) is 0. The molecule has 0 amide bonds. The smallest absolute Gasteiger partial charge is 0.744 e. The molecule has 6 nitrogen and oxygen atoms in total. The van der Waals surface area contributed by atoms with E-state index in [2.05, 4.69) is 0 Å². The van der Waals surface area contributed by atoms with Gasteiger partial charge in [0, 0.05) is 0 Å². The van der Waals surface area contributed by atoms with Crippen molar-refractivity contribution in [2.24, 2.45) is 0 Å². The Bertz CT molecular complexity index is 482. The van der Waals surface area contributed by atoms with Crippen LogP contribution in [-0.4, -0.2) is 25.9 Å². The minimum Gasteiger partial charge on any atom is -0.744 e. The van der Waals surface area contributed by atoms with E-state index in [1.165, 1.54) is 0 Å². The molecule has 0 fully saturated rings. The maximum Gasteiger partial charge on any atom is 1.00 e. The van der Waals surface area contributed by atoms with Gasteiger partial charge in [-0.05, 0) is 24.3 Å². The Kier molecular flexibility index (Phi) is 10.0. The summed E-state index contributed by atoms with van der Waals surface area (Å²) in [4.78, 5) is -1.16. The summed E-state index contributed by atoms with van der Waals surface area (Å²) in [6, 6.07) is 3.08. The Morgan fingerprint density at radius 3 is 1.00 bits per heavy atom. The van der Waals surface area contributed by atoms with Crippen LogP contribution in [0, 0.1) is 0 Å². The van der Waals surface area contributed by atoms with Crippen LogP contribution in [0.25, 0.3) is 0 Å². The second kappa shape index (κ2) is 7.79. The minimum absolute atomic E-state index is 0. The molecule has 0 saturated carbocycles. The third-order valence-corrected chi connectivity index (χ3v) is 3.10. The SMILES string of the molecule is O=S(=O)([O-])c1ccc(S(=O)(=O)[O-])cc1.[K+].[K+]. The third-order valence-electron chi connectivity index (χ3n) is 1.40. The van der Waals surface area contributed by atoms with Crippen molar-refractivity contribution in [3.63, 3.8) is 0 Å². The molecule has 0 saturated heterocycles. The number of benzene rings is 1. The largest absolute Gasteiger partial charge is 1.00 e. The van der Waals surface area contributed by atoms with Gasteiger partial charge in [0.1, 0.15) is 20.2 Å². The third kappa shape index (κ3) is 6.47. The predicted octanol–water partition coefficient (Wildman–Crippen LogP) is -6.50. The zero-order valence-corrected chi connectivity index (χ0v) is 16.5. The molecule has 0 radical (unpaired) electrons. The summed E-state index contributed by atoms with van der Waals surface area (Å²) in [5.74, 6) is 0. The quantitative estimate of drug-likeness (QED) is 0.396. The van der Waals surface area contributed by atoms with E-state index in [0.29, 0.717) is 0 Å². The summed E-state index contributed by atoms with van der Waals surface area (Å²) in [7, 11) is -9.22. The molecule has 0 aliphatic heterocycles. The van der Waals surface area contributed by atoms with Crippen molar-refractivity contribution in [2.75, 3.05) is 0 Å². The van der Waals surface area contributed by atoms with E-state index >= 15 is 0 Å². The van der Waals surface area contributed by atoms with Gasteiger partial charge < -0.3 is 9.11 Å². The Morgan fingerprint density at radius 2 is 0.875 bits per heavy atom. The van der Waals surface area contributed by atoms with Crippen molar-refractivity contribution in [3.8, 4) is 0 Å². The van der Waals surface area contributed by atoms with Gasteiger partial charge in [0.05, 0.1) is 9.79 Å². The molecule has 0 heterocycles. The monoisotopic (exact) mass is 314 g/mol. The van der Waals surface area contributed by atoms with E-state index in [1.54, 1.807) is 0 Å². The topological polar surface area (TPSA) is 114 Å². The summed E-state index contributed by atoms with van der Waals surface area (Å²) < 4.78 is 62.5. The molecule has 0 aromatic heterocycles. The molecule has 1 rings (SSSR count). The van der Waals surface area contributed by atoms with Crippen LogP contribution in [0.2, 0.25) is 0 Å². The van der Waals surface area contributed by atoms with Gasteiger partial charge in [0.25, 0.3) is 0 Å². The fourth-order valence-electron chi connectivity index (χ4n) is 0.773. The van der Waals surface area contributed by atoms with Crippen molar-refractivity contribution < 1.29 is 129 Å². The molecule has 0 spiro atoms. The second-order valence-electron chi connectivity index (χ2n) is 2.38. The van der Waals surface area contributed by atoms with Crippen LogP contribution in [0.15, 0.2) is 34.1 Å². The molecule has 10 heteroatoms. The van der Waals surface area contributed by atoms with Crippen LogP contribution in [-0.2, 0) is 20.2 Å². The van der Waals surface area contributed by atoms with E-state index in [9.17, 15) is 25.9 Å². The van der Waals surface area contributed by atoms with Gasteiger partial charge in [0.2, 0.25) is 0 Å². The molecule has 0 aliphatic carbocycles. The Labute approximate surface area is 179 Å². The molecule has 78 valence electrons. The second-order valence-corrected chi connectivity index (χ2v) is 5.14. The number of rotatable bonds is 2. The molecule has 0 bridgehead atoms. The van der Waals surface area contributed by atoms with E-state index in [0.717, 1.165) is 24.3 Å². The van der Waals surface area contributed by atoms with E-state index in [4.69, 9.17) is 0 Å². The Hall–Kier alpha value is 2.31. The van der Waals surface area contributed by atoms with Gasteiger partial charge in [-0.25, -0.2) is 16.8 Å². The van der Waals surface area contributed by atoms with Crippen LogP contribution in [0.4, 0.5) is 0 Å². The molecular weight excluding hydrogens is 310 g/mol. The molecule has 0 aliphatic rings. The predicted molar refractivity (Wildman–Crippen MR) is 42.4 cm³/mol. The first-order chi connectivity index (χ1) is 6.21. The van der Waals surface area contributed by atoms with Crippen molar-refractivity contribution in [2.45, 2.75) is 9.79 Å². The van der Waals surface area contributed by atoms with Crippen molar-refractivity contribution in [3.05, 3.63) is 24.3 Å². The van der Waals surface area contributed by atoms with Crippen LogP contribution in [0.3, 0.4) is 0 Å². The first-order valence-corrected chi connectivity index (χ1v) is 6.05. The van der Waals surface area contributed by atoms with Crippen LogP contribution >= 0.6 is 0 Å². The summed E-state index contributed by atoms with van der Waals surface area (Å²) in [5.41, 5.74) is 0. The summed E-state index contributed by atoms with van der Waals surface area (Å²) in [6.07, 6.45) is 0. The van der Waals surface area contributed by atoms with Crippen molar-refractivity contribution >= 4 is 20.2 Å². The first kappa shape index (κ1) is 20.6. The Morgan fingerprint density at radius 1 is 0.688 bits per heavy atom. The standard InChI is InChI=1S/C6H6O6S2.2K/c7-13(8,9)5-1-2-6(4-3-5)14(10,11)12;;/h1-4H,(H,7,8,9)(H,10,11,12);;/q;2*+1/p-2. The van der Waals surface area contributed by atoms with E-state index < -0.39 is 30.0 Å². The molecule has 0 atom stereocenters. The fourth-order valence-corrected chi connectivity index (χ4v) is 1.71. The van der Waals surface area contributed by atoms with Gasteiger partial charge in [0.15, 0.2) is 0 Å². The van der Waals surface area contributed by atoms with E-state index in [-0.39, 0.29) is 103 Å². The van der Waals surface area contributed by atoms with Gasteiger partial charge in [-0.3, -0.25) is 0 Å². The number of hydrogen-bond acceptors (Lipinski definition) is 6. The normalized spacial score (nSPS) is 11.1. The Balaban J connectivity index is 0. The molecular formula is C6H4K2O6S2. The molecule has 1 aromatic carbocycles. The molecule has 0 unspecified atom stereocenters. The molecule has 16 heavy (non-hydrogen) atoms. The zero-order valence-electron chi connectivity index (χ0n) is 8.58. The maximum absolute atomic E-state index is 10.4. The van der Waals surface area contributed by atoms with Gasteiger partial charge in [-0.2, -0.15) is 0 Å².